The van der Waals surface area contributed by atoms with Crippen LogP contribution < -0.4 is 10.5 Å². The molecule has 5 heteroatoms. The van der Waals surface area contributed by atoms with Crippen molar-refractivity contribution >= 4 is 11.6 Å². The number of hydrogen-bond acceptors (Lipinski definition) is 3. The minimum atomic E-state index is -0.0950. The molecule has 0 saturated carbocycles. The minimum absolute atomic E-state index is 0.0950. The maximum absolute atomic E-state index is 5.97. The number of aryl methyl sites for hydroxylation is 1. The summed E-state index contributed by atoms with van der Waals surface area (Å²) in [4.78, 5) is 4.00. The highest BCUT2D eigenvalue weighted by Gasteiger charge is 2.08. The molecular formula is C14H18ClN3O. The second kappa shape index (κ2) is 6.59. The maximum Gasteiger partial charge on any atom is 0.124 e. The number of hydrogen-bond donors (Lipinski definition) is 1. The predicted octanol–water partition coefficient (Wildman–Crippen LogP) is 3.03. The Labute approximate surface area is 118 Å². The summed E-state index contributed by atoms with van der Waals surface area (Å²) >= 11 is 5.97. The van der Waals surface area contributed by atoms with E-state index in [1.54, 1.807) is 12.5 Å². The van der Waals surface area contributed by atoms with Crippen LogP contribution in [0.1, 0.15) is 24.9 Å². The Kier molecular flexibility index (Phi) is 4.82. The number of nitrogens with two attached hydrogens (primary N) is 1. The van der Waals surface area contributed by atoms with Crippen molar-refractivity contribution in [2.24, 2.45) is 5.73 Å². The number of aromatic nitrogens is 2. The summed E-state index contributed by atoms with van der Waals surface area (Å²) in [6, 6.07) is 5.45. The van der Waals surface area contributed by atoms with Gasteiger partial charge in [-0.3, -0.25) is 0 Å². The average molecular weight is 280 g/mol. The van der Waals surface area contributed by atoms with Crippen LogP contribution in [0, 0.1) is 0 Å². The molecule has 2 aromatic rings. The van der Waals surface area contributed by atoms with Gasteiger partial charge in [-0.2, -0.15) is 0 Å². The molecule has 1 aromatic carbocycles. The van der Waals surface area contributed by atoms with Crippen LogP contribution >= 0.6 is 11.6 Å². The van der Waals surface area contributed by atoms with E-state index in [0.29, 0.717) is 11.6 Å². The van der Waals surface area contributed by atoms with Crippen LogP contribution in [0.3, 0.4) is 0 Å². The van der Waals surface area contributed by atoms with Gasteiger partial charge in [0.05, 0.1) is 12.9 Å². The SMILES string of the molecule is CC(N)c1cc(Cl)ccc1OCCCn1ccnc1. The van der Waals surface area contributed by atoms with E-state index < -0.39 is 0 Å². The molecule has 4 nitrogen and oxygen atoms in total. The van der Waals surface area contributed by atoms with Crippen molar-refractivity contribution in [3.8, 4) is 5.75 Å². The van der Waals surface area contributed by atoms with Gasteiger partial charge < -0.3 is 15.0 Å². The van der Waals surface area contributed by atoms with E-state index in [-0.39, 0.29) is 6.04 Å². The van der Waals surface area contributed by atoms with Crippen LogP contribution in [-0.4, -0.2) is 16.2 Å². The molecule has 0 radical (unpaired) electrons. The first-order valence-corrected chi connectivity index (χ1v) is 6.68. The van der Waals surface area contributed by atoms with Crippen molar-refractivity contribution < 1.29 is 4.74 Å². The Hall–Kier alpha value is -1.52. The lowest BCUT2D eigenvalue weighted by molar-refractivity contribution is 0.297. The van der Waals surface area contributed by atoms with E-state index in [2.05, 4.69) is 4.98 Å². The van der Waals surface area contributed by atoms with Gasteiger partial charge in [-0.15, -0.1) is 0 Å². The van der Waals surface area contributed by atoms with Crippen LogP contribution in [-0.2, 0) is 6.54 Å². The van der Waals surface area contributed by atoms with Gasteiger partial charge in [0.2, 0.25) is 0 Å². The molecule has 0 aliphatic rings. The molecular weight excluding hydrogens is 262 g/mol. The van der Waals surface area contributed by atoms with E-state index in [9.17, 15) is 0 Å². The lowest BCUT2D eigenvalue weighted by atomic mass is 10.1. The summed E-state index contributed by atoms with van der Waals surface area (Å²) in [5.74, 6) is 0.810. The van der Waals surface area contributed by atoms with E-state index in [1.807, 2.05) is 35.9 Å². The zero-order chi connectivity index (χ0) is 13.7. The van der Waals surface area contributed by atoms with E-state index in [0.717, 1.165) is 24.3 Å². The number of nitrogens with zero attached hydrogens (tertiary/aromatic N) is 2. The Bertz CT molecular complexity index is 511. The highest BCUT2D eigenvalue weighted by atomic mass is 35.5. The molecule has 0 saturated heterocycles. The Morgan fingerprint density at radius 1 is 1.47 bits per heavy atom. The first-order valence-electron chi connectivity index (χ1n) is 6.30. The Balaban J connectivity index is 1.88. The third-order valence-electron chi connectivity index (χ3n) is 2.84. The minimum Gasteiger partial charge on any atom is -0.493 e. The third kappa shape index (κ3) is 3.98. The summed E-state index contributed by atoms with van der Waals surface area (Å²) < 4.78 is 7.80. The summed E-state index contributed by atoms with van der Waals surface area (Å²) in [5, 5.41) is 0.679. The molecule has 1 atom stereocenters. The van der Waals surface area contributed by atoms with Crippen LogP contribution in [0.25, 0.3) is 0 Å². The zero-order valence-electron chi connectivity index (χ0n) is 10.9. The van der Waals surface area contributed by atoms with Gasteiger partial charge >= 0.3 is 0 Å². The van der Waals surface area contributed by atoms with Crippen molar-refractivity contribution in [2.75, 3.05) is 6.61 Å². The molecule has 2 N–H and O–H groups in total. The van der Waals surface area contributed by atoms with E-state index >= 15 is 0 Å². The predicted molar refractivity (Wildman–Crippen MR) is 76.4 cm³/mol. The van der Waals surface area contributed by atoms with Gasteiger partial charge in [-0.25, -0.2) is 4.98 Å². The van der Waals surface area contributed by atoms with Crippen LogP contribution in [0.15, 0.2) is 36.9 Å². The summed E-state index contributed by atoms with van der Waals surface area (Å²) in [5.41, 5.74) is 6.85. The fourth-order valence-corrected chi connectivity index (χ4v) is 2.04. The van der Waals surface area contributed by atoms with E-state index in [1.165, 1.54) is 0 Å². The highest BCUT2D eigenvalue weighted by Crippen LogP contribution is 2.27. The number of rotatable bonds is 6. The molecule has 0 fully saturated rings. The fourth-order valence-electron chi connectivity index (χ4n) is 1.85. The van der Waals surface area contributed by atoms with Gasteiger partial charge in [0.1, 0.15) is 5.75 Å². The van der Waals surface area contributed by atoms with Crippen LogP contribution in [0.4, 0.5) is 0 Å². The van der Waals surface area contributed by atoms with Gasteiger partial charge in [-0.05, 0) is 31.5 Å². The van der Waals surface area contributed by atoms with Gasteiger partial charge in [0.25, 0.3) is 0 Å². The standard InChI is InChI=1S/C14H18ClN3O/c1-11(16)13-9-12(15)3-4-14(13)19-8-2-6-18-7-5-17-10-18/h3-5,7,9-11H,2,6,8,16H2,1H3. The Morgan fingerprint density at radius 3 is 3.00 bits per heavy atom. The van der Waals surface area contributed by atoms with Crippen molar-refractivity contribution in [1.82, 2.24) is 9.55 Å². The lowest BCUT2D eigenvalue weighted by Crippen LogP contribution is -2.09. The topological polar surface area (TPSA) is 53.1 Å². The molecule has 2 rings (SSSR count). The third-order valence-corrected chi connectivity index (χ3v) is 3.07. The molecule has 0 bridgehead atoms. The molecule has 0 spiro atoms. The van der Waals surface area contributed by atoms with Gasteiger partial charge in [-0.1, -0.05) is 11.6 Å². The summed E-state index contributed by atoms with van der Waals surface area (Å²) in [6.07, 6.45) is 6.43. The van der Waals surface area contributed by atoms with Crippen LogP contribution in [0.5, 0.6) is 5.75 Å². The normalized spacial score (nSPS) is 12.4. The molecule has 102 valence electrons. The smallest absolute Gasteiger partial charge is 0.124 e. The molecule has 0 aliphatic heterocycles. The van der Waals surface area contributed by atoms with Crippen molar-refractivity contribution in [3.05, 3.63) is 47.5 Å². The molecule has 0 aliphatic carbocycles. The monoisotopic (exact) mass is 279 g/mol. The number of ether oxygens (including phenoxy) is 1. The Morgan fingerprint density at radius 2 is 2.32 bits per heavy atom. The molecule has 1 heterocycles. The van der Waals surface area contributed by atoms with Gasteiger partial charge in [0, 0.05) is 35.6 Å². The van der Waals surface area contributed by atoms with Crippen LogP contribution in [0.2, 0.25) is 5.02 Å². The quantitative estimate of drug-likeness (QED) is 0.827. The zero-order valence-corrected chi connectivity index (χ0v) is 11.7. The number of halogens is 1. The lowest BCUT2D eigenvalue weighted by Gasteiger charge is -2.14. The molecule has 1 aromatic heterocycles. The second-order valence-electron chi connectivity index (χ2n) is 4.47. The van der Waals surface area contributed by atoms with Crippen molar-refractivity contribution in [1.29, 1.82) is 0 Å². The van der Waals surface area contributed by atoms with Gasteiger partial charge in [0.15, 0.2) is 0 Å². The van der Waals surface area contributed by atoms with Crippen molar-refractivity contribution in [3.63, 3.8) is 0 Å². The molecule has 1 unspecified atom stereocenters. The second-order valence-corrected chi connectivity index (χ2v) is 4.91. The maximum atomic E-state index is 5.97. The summed E-state index contributed by atoms with van der Waals surface area (Å²) in [7, 11) is 0. The molecule has 0 amide bonds. The summed E-state index contributed by atoms with van der Waals surface area (Å²) in [6.45, 7) is 3.45. The molecule has 19 heavy (non-hydrogen) atoms. The van der Waals surface area contributed by atoms with E-state index in [4.69, 9.17) is 22.1 Å². The number of imidazole rings is 1. The average Bonchev–Trinajstić information content (AvgIpc) is 2.89. The number of benzene rings is 1. The first kappa shape index (κ1) is 13.9. The van der Waals surface area contributed by atoms with Crippen molar-refractivity contribution in [2.45, 2.75) is 25.9 Å². The first-order chi connectivity index (χ1) is 9.16. The highest BCUT2D eigenvalue weighted by molar-refractivity contribution is 6.30. The fraction of sp³-hybridized carbons (Fsp3) is 0.357. The largest absolute Gasteiger partial charge is 0.493 e.